The molecule has 0 saturated heterocycles. The lowest BCUT2D eigenvalue weighted by atomic mass is 9.88. The molecule has 0 amide bonds. The minimum atomic E-state index is -1.00. The Bertz CT molecular complexity index is 1250. The predicted octanol–water partition coefficient (Wildman–Crippen LogP) is 3.78. The fourth-order valence-electron chi connectivity index (χ4n) is 4.49. The van der Waals surface area contributed by atoms with Crippen LogP contribution in [0.15, 0.2) is 60.2 Å². The van der Waals surface area contributed by atoms with Crippen LogP contribution >= 0.6 is 0 Å². The number of ether oxygens (including phenoxy) is 3. The highest BCUT2D eigenvalue weighted by molar-refractivity contribution is 6.06. The van der Waals surface area contributed by atoms with Gasteiger partial charge in [0.25, 0.3) is 0 Å². The van der Waals surface area contributed by atoms with Crippen molar-refractivity contribution in [3.63, 3.8) is 0 Å². The van der Waals surface area contributed by atoms with Gasteiger partial charge >= 0.3 is 5.97 Å². The number of carboxylic acids is 1. The molecule has 0 radical (unpaired) electrons. The molecular formula is C26H23NO6. The smallest absolute Gasteiger partial charge is 0.333 e. The quantitative estimate of drug-likeness (QED) is 0.571. The Kier molecular flexibility index (Phi) is 5.48. The molecule has 2 aliphatic rings. The lowest BCUT2D eigenvalue weighted by molar-refractivity contribution is -0.132. The summed E-state index contributed by atoms with van der Waals surface area (Å²) in [4.78, 5) is 17.5. The van der Waals surface area contributed by atoms with Crippen LogP contribution < -0.4 is 14.2 Å². The largest absolute Gasteiger partial charge is 0.497 e. The molecule has 0 bridgehead atoms. The Balaban J connectivity index is 1.71. The van der Waals surface area contributed by atoms with E-state index in [-0.39, 0.29) is 19.0 Å². The standard InChI is InChI=1S/C26H23NO6/c1-31-18-8-4-15(5-9-18)23-24(26(29)30)22(16-6-11-20-21(13-16)33-14-32-20)19-10-7-17(3-2-12-28)27-25(19)23/h4-11,13,22,28H,2-3,12,14H2,1H3,(H,29,30)/t22-/m0/s1. The Hall–Kier alpha value is -3.84. The Morgan fingerprint density at radius 2 is 1.88 bits per heavy atom. The molecule has 2 heterocycles. The van der Waals surface area contributed by atoms with Gasteiger partial charge in [0.15, 0.2) is 11.5 Å². The highest BCUT2D eigenvalue weighted by Gasteiger charge is 2.38. The van der Waals surface area contributed by atoms with Gasteiger partial charge in [0.2, 0.25) is 6.79 Å². The van der Waals surface area contributed by atoms with Gasteiger partial charge in [-0.2, -0.15) is 0 Å². The van der Waals surface area contributed by atoms with E-state index in [9.17, 15) is 15.0 Å². The third kappa shape index (κ3) is 3.70. The summed E-state index contributed by atoms with van der Waals surface area (Å²) in [6, 6.07) is 16.7. The lowest BCUT2D eigenvalue weighted by Gasteiger charge is -2.15. The topological polar surface area (TPSA) is 98.1 Å². The van der Waals surface area contributed by atoms with Crippen molar-refractivity contribution in [1.29, 1.82) is 0 Å². The molecule has 0 fully saturated rings. The third-order valence-corrected chi connectivity index (χ3v) is 6.02. The number of hydrogen-bond acceptors (Lipinski definition) is 6. The van der Waals surface area contributed by atoms with E-state index in [1.807, 2.05) is 54.6 Å². The van der Waals surface area contributed by atoms with E-state index in [2.05, 4.69) is 0 Å². The van der Waals surface area contributed by atoms with Crippen LogP contribution in [-0.4, -0.2) is 41.7 Å². The maximum Gasteiger partial charge on any atom is 0.333 e. The minimum Gasteiger partial charge on any atom is -0.497 e. The molecular weight excluding hydrogens is 422 g/mol. The van der Waals surface area contributed by atoms with Gasteiger partial charge in [-0.25, -0.2) is 4.79 Å². The zero-order chi connectivity index (χ0) is 22.9. The zero-order valence-electron chi connectivity index (χ0n) is 18.1. The molecule has 5 rings (SSSR count). The minimum absolute atomic E-state index is 0.0696. The molecule has 0 saturated carbocycles. The number of aliphatic hydroxyl groups is 1. The number of benzene rings is 2. The van der Waals surface area contributed by atoms with Gasteiger partial charge in [0, 0.05) is 23.8 Å². The molecule has 3 aromatic rings. The second-order valence-corrected chi connectivity index (χ2v) is 7.94. The zero-order valence-corrected chi connectivity index (χ0v) is 18.1. The van der Waals surface area contributed by atoms with E-state index in [0.29, 0.717) is 41.4 Å². The average Bonchev–Trinajstić information content (AvgIpc) is 3.44. The van der Waals surface area contributed by atoms with E-state index in [0.717, 1.165) is 22.4 Å². The molecule has 0 unspecified atom stereocenters. The molecule has 7 heteroatoms. The number of nitrogens with zero attached hydrogens (tertiary/aromatic N) is 1. The second-order valence-electron chi connectivity index (χ2n) is 7.94. The van der Waals surface area contributed by atoms with Crippen molar-refractivity contribution in [2.75, 3.05) is 20.5 Å². The summed E-state index contributed by atoms with van der Waals surface area (Å²) < 4.78 is 16.2. The molecule has 0 spiro atoms. The molecule has 33 heavy (non-hydrogen) atoms. The van der Waals surface area contributed by atoms with Gasteiger partial charge in [0.05, 0.1) is 18.4 Å². The first kappa shape index (κ1) is 21.0. The summed E-state index contributed by atoms with van der Waals surface area (Å²) in [7, 11) is 1.59. The van der Waals surface area contributed by atoms with Crippen LogP contribution in [0.25, 0.3) is 5.57 Å². The van der Waals surface area contributed by atoms with Crippen molar-refractivity contribution in [3.8, 4) is 17.2 Å². The molecule has 1 atom stereocenters. The number of aliphatic carboxylic acids is 1. The second kappa shape index (κ2) is 8.60. The number of hydrogen-bond donors (Lipinski definition) is 2. The summed E-state index contributed by atoms with van der Waals surface area (Å²) in [6.45, 7) is 0.217. The number of aliphatic hydroxyl groups excluding tert-OH is 1. The van der Waals surface area contributed by atoms with Crippen LogP contribution in [0.3, 0.4) is 0 Å². The van der Waals surface area contributed by atoms with Crippen LogP contribution in [0.1, 0.15) is 40.4 Å². The summed E-state index contributed by atoms with van der Waals surface area (Å²) in [5.74, 6) is 0.420. The molecule has 168 valence electrons. The first-order valence-electron chi connectivity index (χ1n) is 10.7. The normalized spacial score (nSPS) is 16.1. The van der Waals surface area contributed by atoms with E-state index >= 15 is 0 Å². The number of pyridine rings is 1. The highest BCUT2D eigenvalue weighted by Crippen LogP contribution is 2.49. The van der Waals surface area contributed by atoms with E-state index < -0.39 is 11.9 Å². The SMILES string of the molecule is COc1ccc(C2=C(C(=O)O)[C@@H](c3ccc4c(c3)OCO4)c3ccc(CCCO)nc32)cc1. The Morgan fingerprint density at radius 3 is 2.61 bits per heavy atom. The summed E-state index contributed by atoms with van der Waals surface area (Å²) in [5, 5.41) is 19.6. The van der Waals surface area contributed by atoms with E-state index in [1.165, 1.54) is 0 Å². The van der Waals surface area contributed by atoms with Crippen molar-refractivity contribution in [2.24, 2.45) is 0 Å². The Labute approximate surface area is 190 Å². The fraction of sp³-hybridized carbons (Fsp3) is 0.231. The van der Waals surface area contributed by atoms with Crippen molar-refractivity contribution < 1.29 is 29.2 Å². The van der Waals surface area contributed by atoms with Gasteiger partial charge in [0.1, 0.15) is 5.75 Å². The number of methoxy groups -OCH3 is 1. The number of carboxylic acid groups (broad SMARTS) is 1. The van der Waals surface area contributed by atoms with Gasteiger partial charge in [-0.3, -0.25) is 4.98 Å². The van der Waals surface area contributed by atoms with E-state index in [4.69, 9.17) is 19.2 Å². The van der Waals surface area contributed by atoms with Crippen molar-refractivity contribution >= 4 is 11.5 Å². The van der Waals surface area contributed by atoms with Crippen molar-refractivity contribution in [3.05, 3.63) is 88.2 Å². The monoisotopic (exact) mass is 445 g/mol. The molecule has 2 N–H and O–H groups in total. The van der Waals surface area contributed by atoms with Crippen LogP contribution in [0.5, 0.6) is 17.2 Å². The fourth-order valence-corrected chi connectivity index (χ4v) is 4.49. The number of aryl methyl sites for hydroxylation is 1. The highest BCUT2D eigenvalue weighted by atomic mass is 16.7. The average molecular weight is 445 g/mol. The molecule has 1 aliphatic heterocycles. The maximum absolute atomic E-state index is 12.7. The summed E-state index contributed by atoms with van der Waals surface area (Å²) >= 11 is 0. The Morgan fingerprint density at radius 1 is 1.09 bits per heavy atom. The maximum atomic E-state index is 12.7. The van der Waals surface area contributed by atoms with Crippen LogP contribution in [-0.2, 0) is 11.2 Å². The number of rotatable bonds is 7. The molecule has 1 aromatic heterocycles. The number of fused-ring (bicyclic) bond motifs is 2. The van der Waals surface area contributed by atoms with Gasteiger partial charge < -0.3 is 24.4 Å². The first-order valence-corrected chi connectivity index (χ1v) is 10.7. The third-order valence-electron chi connectivity index (χ3n) is 6.02. The number of carbonyl (C=O) groups is 1. The van der Waals surface area contributed by atoms with Gasteiger partial charge in [-0.05, 0) is 59.9 Å². The van der Waals surface area contributed by atoms with Crippen molar-refractivity contribution in [1.82, 2.24) is 4.98 Å². The van der Waals surface area contributed by atoms with Crippen LogP contribution in [0.2, 0.25) is 0 Å². The number of aromatic nitrogens is 1. The van der Waals surface area contributed by atoms with Gasteiger partial charge in [-0.15, -0.1) is 0 Å². The molecule has 1 aliphatic carbocycles. The molecule has 2 aromatic carbocycles. The summed E-state index contributed by atoms with van der Waals surface area (Å²) in [5.41, 5.74) is 4.69. The van der Waals surface area contributed by atoms with Crippen LogP contribution in [0, 0.1) is 0 Å². The lowest BCUT2D eigenvalue weighted by Crippen LogP contribution is -2.10. The molecule has 7 nitrogen and oxygen atoms in total. The predicted molar refractivity (Wildman–Crippen MR) is 121 cm³/mol. The summed E-state index contributed by atoms with van der Waals surface area (Å²) in [6.07, 6.45) is 1.20. The van der Waals surface area contributed by atoms with Crippen molar-refractivity contribution in [2.45, 2.75) is 18.8 Å². The van der Waals surface area contributed by atoms with Gasteiger partial charge in [-0.1, -0.05) is 24.3 Å². The van der Waals surface area contributed by atoms with E-state index in [1.54, 1.807) is 7.11 Å². The first-order chi connectivity index (χ1) is 16.1. The van der Waals surface area contributed by atoms with Crippen LogP contribution in [0.4, 0.5) is 0 Å².